The maximum absolute atomic E-state index is 9.46. The summed E-state index contributed by atoms with van der Waals surface area (Å²) in [7, 11) is 0. The Hall–Kier alpha value is -1.88. The lowest BCUT2D eigenvalue weighted by atomic mass is 9.85. The van der Waals surface area contributed by atoms with Crippen molar-refractivity contribution in [3.05, 3.63) is 39.0 Å². The molecule has 0 aliphatic heterocycles. The van der Waals surface area contributed by atoms with Crippen molar-refractivity contribution < 1.29 is 5.11 Å². The molecular weight excluding hydrogens is 430 g/mol. The molecule has 2 unspecified atom stereocenters. The molecule has 0 amide bonds. The van der Waals surface area contributed by atoms with E-state index in [9.17, 15) is 10.4 Å². The van der Waals surface area contributed by atoms with Crippen molar-refractivity contribution in [2.45, 2.75) is 45.3 Å². The molecule has 0 saturated heterocycles. The predicted molar refractivity (Wildman–Crippen MR) is 110 cm³/mol. The van der Waals surface area contributed by atoms with Crippen LogP contribution in [0.4, 0.5) is 17.5 Å². The number of anilines is 3. The minimum absolute atomic E-state index is 0.00178. The highest BCUT2D eigenvalue weighted by atomic mass is 79.9. The lowest BCUT2D eigenvalue weighted by Crippen LogP contribution is -2.32. The molecule has 1 saturated carbocycles. The predicted octanol–water partition coefficient (Wildman–Crippen LogP) is 4.93. The molecule has 3 rings (SSSR count). The van der Waals surface area contributed by atoms with E-state index in [2.05, 4.69) is 42.6 Å². The second-order valence-corrected chi connectivity index (χ2v) is 7.91. The number of aromatic nitrogens is 2. The summed E-state index contributed by atoms with van der Waals surface area (Å²) in [6.07, 6.45) is 5.85. The average molecular weight is 451 g/mol. The average Bonchev–Trinajstić information content (AvgIpc) is 2.67. The number of aryl methyl sites for hydroxylation is 1. The Morgan fingerprint density at radius 2 is 2.15 bits per heavy atom. The van der Waals surface area contributed by atoms with E-state index in [1.54, 1.807) is 18.3 Å². The van der Waals surface area contributed by atoms with Crippen molar-refractivity contribution >= 4 is 45.0 Å². The third-order valence-electron chi connectivity index (χ3n) is 4.76. The van der Waals surface area contributed by atoms with Crippen molar-refractivity contribution in [3.63, 3.8) is 0 Å². The molecule has 0 bridgehead atoms. The molecule has 3 N–H and O–H groups in total. The van der Waals surface area contributed by atoms with E-state index in [0.29, 0.717) is 26.7 Å². The van der Waals surface area contributed by atoms with Crippen molar-refractivity contribution in [3.8, 4) is 6.07 Å². The van der Waals surface area contributed by atoms with Gasteiger partial charge in [-0.15, -0.1) is 0 Å². The fourth-order valence-electron chi connectivity index (χ4n) is 3.24. The van der Waals surface area contributed by atoms with Crippen LogP contribution in [-0.4, -0.2) is 21.1 Å². The number of aliphatic hydroxyl groups is 1. The number of benzene rings is 1. The first-order valence-electron chi connectivity index (χ1n) is 8.87. The van der Waals surface area contributed by atoms with E-state index < -0.39 is 0 Å². The number of nitrogens with zero attached hydrogens (tertiary/aromatic N) is 3. The summed E-state index contributed by atoms with van der Waals surface area (Å²) < 4.78 is 0.671. The Balaban J connectivity index is 1.81. The smallest absolute Gasteiger partial charge is 0.229 e. The van der Waals surface area contributed by atoms with Crippen LogP contribution < -0.4 is 10.6 Å². The monoisotopic (exact) mass is 449 g/mol. The summed E-state index contributed by atoms with van der Waals surface area (Å²) in [5.74, 6) is 1.15. The summed E-state index contributed by atoms with van der Waals surface area (Å²) in [5.41, 5.74) is 2.29. The van der Waals surface area contributed by atoms with E-state index in [-0.39, 0.29) is 18.6 Å². The lowest BCUT2D eigenvalue weighted by molar-refractivity contribution is 0.281. The second-order valence-electron chi connectivity index (χ2n) is 6.71. The number of hydrogen-bond acceptors (Lipinski definition) is 6. The van der Waals surface area contributed by atoms with Crippen molar-refractivity contribution in [1.82, 2.24) is 9.97 Å². The van der Waals surface area contributed by atoms with Crippen LogP contribution in [-0.2, 0) is 6.61 Å². The van der Waals surface area contributed by atoms with Gasteiger partial charge in [-0.3, -0.25) is 0 Å². The zero-order valence-electron chi connectivity index (χ0n) is 15.0. The molecule has 142 valence electrons. The number of halogens is 2. The van der Waals surface area contributed by atoms with E-state index in [0.717, 1.165) is 37.1 Å². The van der Waals surface area contributed by atoms with Gasteiger partial charge >= 0.3 is 0 Å². The third kappa shape index (κ3) is 4.70. The molecular formula is C19H21BrClN5O. The molecule has 1 aliphatic carbocycles. The van der Waals surface area contributed by atoms with Crippen LogP contribution in [0.3, 0.4) is 0 Å². The SMILES string of the molecule is Cc1cnc(Nc2cc(Cl)c(Br)c(CO)c2)nc1NC1CCCCC1C#N. The number of nitriles is 1. The van der Waals surface area contributed by atoms with Gasteiger partial charge in [-0.2, -0.15) is 10.2 Å². The van der Waals surface area contributed by atoms with E-state index >= 15 is 0 Å². The van der Waals surface area contributed by atoms with Crippen LogP contribution in [0.1, 0.15) is 36.8 Å². The molecule has 1 aromatic carbocycles. The van der Waals surface area contributed by atoms with Gasteiger partial charge in [0.05, 0.1) is 23.6 Å². The van der Waals surface area contributed by atoms with E-state index in [4.69, 9.17) is 11.6 Å². The van der Waals surface area contributed by atoms with Crippen molar-refractivity contribution in [2.75, 3.05) is 10.6 Å². The van der Waals surface area contributed by atoms with Crippen LogP contribution >= 0.6 is 27.5 Å². The van der Waals surface area contributed by atoms with Gasteiger partial charge in [-0.25, -0.2) is 4.98 Å². The standard InChI is InChI=1S/C19H21BrClN5O/c1-11-9-23-19(24-14-6-13(10-27)17(20)15(21)7-14)26-18(11)25-16-5-3-2-4-12(16)8-22/h6-7,9,12,16,27H,2-5,10H2,1H3,(H2,23,24,25,26). The van der Waals surface area contributed by atoms with Gasteiger partial charge in [-0.1, -0.05) is 24.4 Å². The minimum Gasteiger partial charge on any atom is -0.392 e. The summed E-state index contributed by atoms with van der Waals surface area (Å²) in [5, 5.41) is 25.9. The quantitative estimate of drug-likeness (QED) is 0.598. The molecule has 1 fully saturated rings. The molecule has 1 aliphatic rings. The highest BCUT2D eigenvalue weighted by Crippen LogP contribution is 2.32. The zero-order chi connectivity index (χ0) is 19.4. The molecule has 6 nitrogen and oxygen atoms in total. The molecule has 0 spiro atoms. The first kappa shape index (κ1) is 19.9. The van der Waals surface area contributed by atoms with E-state index in [1.807, 2.05) is 6.92 Å². The summed E-state index contributed by atoms with van der Waals surface area (Å²) in [6.45, 7) is 1.81. The molecule has 2 atom stereocenters. The molecule has 1 heterocycles. The molecule has 8 heteroatoms. The lowest BCUT2D eigenvalue weighted by Gasteiger charge is -2.28. The molecule has 1 aromatic heterocycles. The van der Waals surface area contributed by atoms with Gasteiger partial charge in [0, 0.05) is 28.0 Å². The van der Waals surface area contributed by atoms with Gasteiger partial charge in [0.1, 0.15) is 5.82 Å². The Bertz CT molecular complexity index is 870. The van der Waals surface area contributed by atoms with Crippen molar-refractivity contribution in [1.29, 1.82) is 5.26 Å². The fraction of sp³-hybridized carbons (Fsp3) is 0.421. The van der Waals surface area contributed by atoms with Crippen LogP contribution in [0.2, 0.25) is 5.02 Å². The largest absolute Gasteiger partial charge is 0.392 e. The normalized spacial score (nSPS) is 19.4. The molecule has 0 radical (unpaired) electrons. The summed E-state index contributed by atoms with van der Waals surface area (Å²) in [4.78, 5) is 8.91. The molecule has 2 aromatic rings. The maximum Gasteiger partial charge on any atom is 0.229 e. The first-order chi connectivity index (χ1) is 13.0. The number of aliphatic hydroxyl groups excluding tert-OH is 1. The van der Waals surface area contributed by atoms with Gasteiger partial charge in [-0.05, 0) is 53.4 Å². The van der Waals surface area contributed by atoms with Gasteiger partial charge in [0.15, 0.2) is 0 Å². The fourth-order valence-corrected chi connectivity index (χ4v) is 3.84. The highest BCUT2D eigenvalue weighted by Gasteiger charge is 2.25. The number of nitrogens with one attached hydrogen (secondary N) is 2. The van der Waals surface area contributed by atoms with E-state index in [1.165, 1.54) is 0 Å². The van der Waals surface area contributed by atoms with Crippen LogP contribution in [0.15, 0.2) is 22.8 Å². The number of hydrogen-bond donors (Lipinski definition) is 3. The molecule has 27 heavy (non-hydrogen) atoms. The Labute approximate surface area is 172 Å². The maximum atomic E-state index is 9.46. The van der Waals surface area contributed by atoms with Gasteiger partial charge < -0.3 is 15.7 Å². The Morgan fingerprint density at radius 1 is 1.37 bits per heavy atom. The Morgan fingerprint density at radius 3 is 2.89 bits per heavy atom. The minimum atomic E-state index is -0.130. The van der Waals surface area contributed by atoms with Crippen molar-refractivity contribution in [2.24, 2.45) is 5.92 Å². The summed E-state index contributed by atoms with van der Waals surface area (Å²) >= 11 is 9.56. The second kappa shape index (κ2) is 8.87. The zero-order valence-corrected chi connectivity index (χ0v) is 17.3. The highest BCUT2D eigenvalue weighted by molar-refractivity contribution is 9.10. The summed E-state index contributed by atoms with van der Waals surface area (Å²) in [6, 6.07) is 6.05. The third-order valence-corrected chi connectivity index (χ3v) is 6.22. The Kier molecular flexibility index (Phi) is 6.53. The van der Waals surface area contributed by atoms with Crippen LogP contribution in [0, 0.1) is 24.2 Å². The van der Waals surface area contributed by atoms with Crippen LogP contribution in [0.25, 0.3) is 0 Å². The van der Waals surface area contributed by atoms with Gasteiger partial charge in [0.25, 0.3) is 0 Å². The topological polar surface area (TPSA) is 93.9 Å². The van der Waals surface area contributed by atoms with Gasteiger partial charge in [0.2, 0.25) is 5.95 Å². The number of rotatable bonds is 5. The first-order valence-corrected chi connectivity index (χ1v) is 10.0. The van der Waals surface area contributed by atoms with Crippen LogP contribution in [0.5, 0.6) is 0 Å².